The second kappa shape index (κ2) is 5.47. The SMILES string of the molecule is COc1ccc(Cn2c(N)nc3cc(Cl)c(Cl)cc32)cc1. The van der Waals surface area contributed by atoms with Crippen LogP contribution in [0.2, 0.25) is 10.0 Å². The number of methoxy groups -OCH3 is 1. The molecule has 108 valence electrons. The van der Waals surface area contributed by atoms with Crippen molar-refractivity contribution in [2.75, 3.05) is 12.8 Å². The number of anilines is 1. The molecular formula is C15H13Cl2N3O. The molecule has 4 nitrogen and oxygen atoms in total. The lowest BCUT2D eigenvalue weighted by Crippen LogP contribution is -2.04. The van der Waals surface area contributed by atoms with Gasteiger partial charge in [0, 0.05) is 0 Å². The number of nitrogens with two attached hydrogens (primary N) is 1. The fraction of sp³-hybridized carbons (Fsp3) is 0.133. The maximum Gasteiger partial charge on any atom is 0.201 e. The molecule has 0 saturated carbocycles. The number of fused-ring (bicyclic) bond motifs is 1. The molecule has 6 heteroatoms. The summed E-state index contributed by atoms with van der Waals surface area (Å²) in [5.74, 6) is 1.25. The van der Waals surface area contributed by atoms with E-state index in [4.69, 9.17) is 33.7 Å². The summed E-state index contributed by atoms with van der Waals surface area (Å²) in [6.45, 7) is 0.601. The van der Waals surface area contributed by atoms with Crippen molar-refractivity contribution in [1.82, 2.24) is 9.55 Å². The number of rotatable bonds is 3. The molecule has 0 saturated heterocycles. The van der Waals surface area contributed by atoms with Crippen LogP contribution in [0.15, 0.2) is 36.4 Å². The molecule has 0 atom stereocenters. The van der Waals surface area contributed by atoms with Crippen LogP contribution in [-0.4, -0.2) is 16.7 Å². The average Bonchev–Trinajstić information content (AvgIpc) is 2.76. The lowest BCUT2D eigenvalue weighted by Gasteiger charge is -2.08. The highest BCUT2D eigenvalue weighted by Gasteiger charge is 2.11. The topological polar surface area (TPSA) is 53.1 Å². The number of hydrogen-bond acceptors (Lipinski definition) is 3. The maximum atomic E-state index is 6.08. The van der Waals surface area contributed by atoms with Crippen molar-refractivity contribution in [2.24, 2.45) is 0 Å². The summed E-state index contributed by atoms with van der Waals surface area (Å²) in [4.78, 5) is 4.32. The molecule has 1 aromatic heterocycles. The number of nitrogen functional groups attached to an aromatic ring is 1. The summed E-state index contributed by atoms with van der Waals surface area (Å²) in [6.07, 6.45) is 0. The van der Waals surface area contributed by atoms with Crippen LogP contribution in [0.1, 0.15) is 5.56 Å². The molecule has 3 rings (SSSR count). The number of imidazole rings is 1. The van der Waals surface area contributed by atoms with Crippen LogP contribution in [0.25, 0.3) is 11.0 Å². The van der Waals surface area contributed by atoms with E-state index in [-0.39, 0.29) is 0 Å². The van der Waals surface area contributed by atoms with Crippen molar-refractivity contribution in [3.63, 3.8) is 0 Å². The number of benzene rings is 2. The molecule has 2 N–H and O–H groups in total. The van der Waals surface area contributed by atoms with Gasteiger partial charge in [-0.3, -0.25) is 0 Å². The molecule has 0 spiro atoms. The van der Waals surface area contributed by atoms with E-state index in [0.29, 0.717) is 22.5 Å². The third-order valence-corrected chi connectivity index (χ3v) is 4.04. The molecule has 1 heterocycles. The predicted octanol–water partition coefficient (Wildman–Crippen LogP) is 3.98. The van der Waals surface area contributed by atoms with Crippen molar-refractivity contribution < 1.29 is 4.74 Å². The summed E-state index contributed by atoms with van der Waals surface area (Å²) in [5.41, 5.74) is 8.68. The Morgan fingerprint density at radius 3 is 2.48 bits per heavy atom. The Hall–Kier alpha value is -1.91. The van der Waals surface area contributed by atoms with E-state index >= 15 is 0 Å². The molecule has 0 aliphatic carbocycles. The first kappa shape index (κ1) is 14.0. The fourth-order valence-corrected chi connectivity index (χ4v) is 2.53. The van der Waals surface area contributed by atoms with Gasteiger partial charge >= 0.3 is 0 Å². The number of hydrogen-bond donors (Lipinski definition) is 1. The second-order valence-corrected chi connectivity index (χ2v) is 5.47. The molecule has 0 aliphatic heterocycles. The summed E-state index contributed by atoms with van der Waals surface area (Å²) < 4.78 is 7.05. The van der Waals surface area contributed by atoms with Gasteiger partial charge < -0.3 is 15.0 Å². The molecule has 0 unspecified atom stereocenters. The Morgan fingerprint density at radius 1 is 1.14 bits per heavy atom. The summed E-state index contributed by atoms with van der Waals surface area (Å²) in [5, 5.41) is 0.957. The van der Waals surface area contributed by atoms with Gasteiger partial charge in [-0.05, 0) is 29.8 Å². The molecule has 0 aliphatic rings. The van der Waals surface area contributed by atoms with Gasteiger partial charge in [-0.25, -0.2) is 4.98 Å². The number of ether oxygens (including phenoxy) is 1. The Morgan fingerprint density at radius 2 is 1.81 bits per heavy atom. The van der Waals surface area contributed by atoms with Gasteiger partial charge in [0.2, 0.25) is 5.95 Å². The van der Waals surface area contributed by atoms with Gasteiger partial charge in [0.15, 0.2) is 0 Å². The predicted molar refractivity (Wildman–Crippen MR) is 86.3 cm³/mol. The van der Waals surface area contributed by atoms with Crippen molar-refractivity contribution >= 4 is 40.2 Å². The highest BCUT2D eigenvalue weighted by molar-refractivity contribution is 6.42. The minimum Gasteiger partial charge on any atom is -0.497 e. The van der Waals surface area contributed by atoms with Gasteiger partial charge in [0.25, 0.3) is 0 Å². The monoisotopic (exact) mass is 321 g/mol. The number of nitrogens with zero attached hydrogens (tertiary/aromatic N) is 2. The highest BCUT2D eigenvalue weighted by Crippen LogP contribution is 2.29. The van der Waals surface area contributed by atoms with Gasteiger partial charge in [0.05, 0.1) is 34.7 Å². The molecule has 0 radical (unpaired) electrons. The molecule has 21 heavy (non-hydrogen) atoms. The van der Waals surface area contributed by atoms with Crippen molar-refractivity contribution in [2.45, 2.75) is 6.54 Å². The van der Waals surface area contributed by atoms with Crippen LogP contribution < -0.4 is 10.5 Å². The largest absolute Gasteiger partial charge is 0.497 e. The standard InChI is InChI=1S/C15H13Cl2N3O/c1-21-10-4-2-9(3-5-10)8-20-14-7-12(17)11(16)6-13(14)19-15(20)18/h2-7H,8H2,1H3,(H2,18,19). The van der Waals surface area contributed by atoms with E-state index in [9.17, 15) is 0 Å². The first-order valence-electron chi connectivity index (χ1n) is 6.32. The first-order valence-corrected chi connectivity index (χ1v) is 7.08. The highest BCUT2D eigenvalue weighted by atomic mass is 35.5. The van der Waals surface area contributed by atoms with Crippen LogP contribution in [0.5, 0.6) is 5.75 Å². The molecule has 3 aromatic rings. The van der Waals surface area contributed by atoms with Gasteiger partial charge in [-0.2, -0.15) is 0 Å². The number of halogens is 2. The summed E-state index contributed by atoms with van der Waals surface area (Å²) >= 11 is 12.1. The molecule has 0 bridgehead atoms. The van der Waals surface area contributed by atoms with E-state index in [1.165, 1.54) is 0 Å². The molecule has 2 aromatic carbocycles. The van der Waals surface area contributed by atoms with E-state index in [0.717, 1.165) is 22.3 Å². The van der Waals surface area contributed by atoms with Gasteiger partial charge in [-0.15, -0.1) is 0 Å². The molecule has 0 fully saturated rings. The van der Waals surface area contributed by atoms with Crippen LogP contribution in [0, 0.1) is 0 Å². The average molecular weight is 322 g/mol. The Balaban J connectivity index is 2.03. The van der Waals surface area contributed by atoms with Crippen LogP contribution in [0.4, 0.5) is 5.95 Å². The first-order chi connectivity index (χ1) is 10.1. The van der Waals surface area contributed by atoms with E-state index < -0.39 is 0 Å². The third kappa shape index (κ3) is 2.64. The minimum absolute atomic E-state index is 0.430. The molecular weight excluding hydrogens is 309 g/mol. The summed E-state index contributed by atoms with van der Waals surface area (Å²) in [7, 11) is 1.64. The smallest absolute Gasteiger partial charge is 0.201 e. The van der Waals surface area contributed by atoms with Crippen molar-refractivity contribution in [1.29, 1.82) is 0 Å². The lowest BCUT2D eigenvalue weighted by atomic mass is 10.2. The van der Waals surface area contributed by atoms with Gasteiger partial charge in [0.1, 0.15) is 5.75 Å². The van der Waals surface area contributed by atoms with E-state index in [1.54, 1.807) is 19.2 Å². The fourth-order valence-electron chi connectivity index (χ4n) is 2.22. The quantitative estimate of drug-likeness (QED) is 0.793. The zero-order valence-corrected chi connectivity index (χ0v) is 12.8. The zero-order valence-electron chi connectivity index (χ0n) is 11.3. The maximum absolute atomic E-state index is 6.08. The van der Waals surface area contributed by atoms with Crippen molar-refractivity contribution in [3.8, 4) is 5.75 Å². The van der Waals surface area contributed by atoms with E-state index in [2.05, 4.69) is 4.98 Å². The second-order valence-electron chi connectivity index (χ2n) is 4.66. The zero-order chi connectivity index (χ0) is 15.0. The summed E-state index contributed by atoms with van der Waals surface area (Å²) in [6, 6.07) is 11.3. The third-order valence-electron chi connectivity index (χ3n) is 3.32. The van der Waals surface area contributed by atoms with Crippen LogP contribution >= 0.6 is 23.2 Å². The van der Waals surface area contributed by atoms with Crippen molar-refractivity contribution in [3.05, 3.63) is 52.0 Å². The normalized spacial score (nSPS) is 11.0. The Kier molecular flexibility index (Phi) is 3.66. The molecule has 0 amide bonds. The van der Waals surface area contributed by atoms with Crippen LogP contribution in [-0.2, 0) is 6.54 Å². The Bertz CT molecular complexity index is 797. The Labute approximate surface area is 132 Å². The number of aromatic nitrogens is 2. The lowest BCUT2D eigenvalue weighted by molar-refractivity contribution is 0.414. The minimum atomic E-state index is 0.430. The van der Waals surface area contributed by atoms with E-state index in [1.807, 2.05) is 28.8 Å². The van der Waals surface area contributed by atoms with Gasteiger partial charge in [-0.1, -0.05) is 35.3 Å². The van der Waals surface area contributed by atoms with Crippen LogP contribution in [0.3, 0.4) is 0 Å².